The van der Waals surface area contributed by atoms with E-state index in [1.807, 2.05) is 5.32 Å². The van der Waals surface area contributed by atoms with Gasteiger partial charge >= 0.3 is 13.6 Å². The first-order chi connectivity index (χ1) is 9.28. The van der Waals surface area contributed by atoms with Gasteiger partial charge in [-0.15, -0.1) is 0 Å². The van der Waals surface area contributed by atoms with Gasteiger partial charge in [-0.3, -0.25) is 14.7 Å². The second-order valence-corrected chi connectivity index (χ2v) is 5.30. The number of nitrogens with two attached hydrogens (primary N) is 1. The average molecular weight is 312 g/mol. The number of aliphatic hydroxyl groups is 1. The lowest BCUT2D eigenvalue weighted by Gasteiger charge is -2.16. The molecule has 0 aromatic rings. The van der Waals surface area contributed by atoms with Gasteiger partial charge in [-0.2, -0.15) is 4.99 Å². The van der Waals surface area contributed by atoms with Gasteiger partial charge in [-0.05, 0) is 0 Å². The molecule has 0 unspecified atom stereocenters. The van der Waals surface area contributed by atoms with E-state index in [1.54, 1.807) is 0 Å². The topological polar surface area (TPSA) is 184 Å². The molecule has 0 fully saturated rings. The molecule has 0 saturated heterocycles. The normalized spacial score (nSPS) is 13.7. The number of carbonyl (C=O) groups excluding carboxylic acids is 2. The molecule has 116 valence electrons. The van der Waals surface area contributed by atoms with Crippen molar-refractivity contribution in [2.75, 3.05) is 25.9 Å². The maximum atomic E-state index is 11.2. The summed E-state index contributed by atoms with van der Waals surface area (Å²) in [6, 6.07) is -0.773. The predicted octanol–water partition coefficient (Wildman–Crippen LogP) is -2.69. The fourth-order valence-corrected chi connectivity index (χ4v) is 1.31. The zero-order valence-corrected chi connectivity index (χ0v) is 11.3. The molecule has 0 rings (SSSR count). The molecule has 0 aromatic carbocycles. The first kappa shape index (κ1) is 18.5. The molecular weight excluding hydrogens is 295 g/mol. The highest BCUT2D eigenvalue weighted by Gasteiger charge is 2.15. The fourth-order valence-electron chi connectivity index (χ4n) is 0.971. The van der Waals surface area contributed by atoms with Crippen molar-refractivity contribution >= 4 is 26.0 Å². The van der Waals surface area contributed by atoms with Crippen LogP contribution in [0.15, 0.2) is 4.99 Å². The van der Waals surface area contributed by atoms with Crippen molar-refractivity contribution in [1.82, 2.24) is 10.6 Å². The van der Waals surface area contributed by atoms with E-state index in [2.05, 4.69) is 10.3 Å². The standard InChI is InChI=1S/C8H17N4O7P/c9-7(11-5-14)12-8(15)10-3-6(4-13)19-1-2-20(16,17)18/h5-6,13H,1-4H2,(H2,16,17,18)(H4,9,10,11,12,14,15)/t6-/m1/s1. The minimum Gasteiger partial charge on any atom is -0.394 e. The molecule has 0 heterocycles. The van der Waals surface area contributed by atoms with E-state index >= 15 is 0 Å². The van der Waals surface area contributed by atoms with Crippen molar-refractivity contribution in [2.45, 2.75) is 6.10 Å². The molecule has 0 aliphatic heterocycles. The summed E-state index contributed by atoms with van der Waals surface area (Å²) >= 11 is 0. The number of hydrogen-bond acceptors (Lipinski definition) is 5. The summed E-state index contributed by atoms with van der Waals surface area (Å²) in [6.07, 6.45) is -1.18. The van der Waals surface area contributed by atoms with Gasteiger partial charge in [-0.1, -0.05) is 0 Å². The number of amides is 3. The van der Waals surface area contributed by atoms with E-state index in [9.17, 15) is 14.2 Å². The van der Waals surface area contributed by atoms with Crippen molar-refractivity contribution in [3.05, 3.63) is 0 Å². The molecule has 0 aliphatic rings. The number of ether oxygens (including phenoxy) is 1. The maximum Gasteiger partial charge on any atom is 0.327 e. The number of aliphatic imine (C=N–C) groups is 1. The quantitative estimate of drug-likeness (QED) is 0.121. The van der Waals surface area contributed by atoms with Gasteiger partial charge < -0.3 is 30.7 Å². The Morgan fingerprint density at radius 1 is 1.50 bits per heavy atom. The Balaban J connectivity index is 4.00. The van der Waals surface area contributed by atoms with Gasteiger partial charge in [0.25, 0.3) is 0 Å². The minimum atomic E-state index is -4.17. The van der Waals surface area contributed by atoms with Crippen molar-refractivity contribution in [3.63, 3.8) is 0 Å². The molecule has 12 heteroatoms. The van der Waals surface area contributed by atoms with Crippen LogP contribution in [0.5, 0.6) is 0 Å². The van der Waals surface area contributed by atoms with Crippen LogP contribution in [-0.4, -0.2) is 65.3 Å². The van der Waals surface area contributed by atoms with Crippen LogP contribution < -0.4 is 16.4 Å². The minimum absolute atomic E-state index is 0.127. The summed E-state index contributed by atoms with van der Waals surface area (Å²) in [5.41, 5.74) is 5.13. The van der Waals surface area contributed by atoms with Crippen molar-refractivity contribution in [2.24, 2.45) is 10.7 Å². The van der Waals surface area contributed by atoms with Gasteiger partial charge in [0.15, 0.2) is 0 Å². The van der Waals surface area contributed by atoms with Crippen LogP contribution in [0.25, 0.3) is 0 Å². The monoisotopic (exact) mass is 312 g/mol. The van der Waals surface area contributed by atoms with Crippen LogP contribution in [-0.2, 0) is 14.1 Å². The van der Waals surface area contributed by atoms with Crippen LogP contribution in [0.3, 0.4) is 0 Å². The Morgan fingerprint density at radius 3 is 2.65 bits per heavy atom. The highest BCUT2D eigenvalue weighted by molar-refractivity contribution is 7.51. The van der Waals surface area contributed by atoms with E-state index in [-0.39, 0.29) is 19.6 Å². The number of hydrogen-bond donors (Lipinski definition) is 6. The maximum absolute atomic E-state index is 11.2. The SMILES string of the molecule is NC(=NC=O)NC(=O)NC[C@H](CO)OCCP(=O)(O)O. The van der Waals surface area contributed by atoms with Crippen molar-refractivity contribution < 1.29 is 33.8 Å². The molecule has 0 bridgehead atoms. The molecule has 1 atom stereocenters. The predicted molar refractivity (Wildman–Crippen MR) is 68.0 cm³/mol. The molecule has 3 amide bonds. The Morgan fingerprint density at radius 2 is 2.15 bits per heavy atom. The number of nitrogens with one attached hydrogen (secondary N) is 2. The highest BCUT2D eigenvalue weighted by Crippen LogP contribution is 2.33. The third-order valence-corrected chi connectivity index (χ3v) is 2.63. The lowest BCUT2D eigenvalue weighted by molar-refractivity contribution is -0.106. The van der Waals surface area contributed by atoms with E-state index in [1.165, 1.54) is 0 Å². The van der Waals surface area contributed by atoms with Crippen LogP contribution in [0, 0.1) is 0 Å². The Labute approximate surface area is 114 Å². The molecule has 0 aromatic heterocycles. The molecule has 0 aliphatic carbocycles. The Bertz CT molecular complexity index is 396. The summed E-state index contributed by atoms with van der Waals surface area (Å²) in [4.78, 5) is 41.4. The van der Waals surface area contributed by atoms with Crippen LogP contribution in [0.2, 0.25) is 0 Å². The van der Waals surface area contributed by atoms with E-state index in [0.717, 1.165) is 0 Å². The number of aliphatic hydroxyl groups excluding tert-OH is 1. The largest absolute Gasteiger partial charge is 0.394 e. The highest BCUT2D eigenvalue weighted by atomic mass is 31.2. The summed E-state index contributed by atoms with van der Waals surface area (Å²) in [5.74, 6) is -0.402. The second kappa shape index (κ2) is 9.39. The van der Waals surface area contributed by atoms with E-state index < -0.39 is 38.5 Å². The third kappa shape index (κ3) is 10.4. The molecule has 0 saturated carbocycles. The van der Waals surface area contributed by atoms with Gasteiger partial charge in [-0.25, -0.2) is 4.79 Å². The molecule has 0 spiro atoms. The molecule has 11 nitrogen and oxygen atoms in total. The number of carbonyl (C=O) groups is 2. The summed E-state index contributed by atoms with van der Waals surface area (Å²) in [5, 5.41) is 13.2. The molecular formula is C8H17N4O7P. The first-order valence-electron chi connectivity index (χ1n) is 5.37. The van der Waals surface area contributed by atoms with Crippen molar-refractivity contribution in [1.29, 1.82) is 0 Å². The molecule has 20 heavy (non-hydrogen) atoms. The van der Waals surface area contributed by atoms with Crippen LogP contribution >= 0.6 is 7.60 Å². The average Bonchev–Trinajstić information content (AvgIpc) is 2.32. The van der Waals surface area contributed by atoms with Crippen LogP contribution in [0.1, 0.15) is 0 Å². The zero-order valence-electron chi connectivity index (χ0n) is 10.4. The van der Waals surface area contributed by atoms with E-state index in [4.69, 9.17) is 25.4 Å². The van der Waals surface area contributed by atoms with E-state index in [0.29, 0.717) is 0 Å². The summed E-state index contributed by atoms with van der Waals surface area (Å²) < 4.78 is 15.5. The third-order valence-electron chi connectivity index (χ3n) is 1.86. The van der Waals surface area contributed by atoms with Crippen LogP contribution in [0.4, 0.5) is 4.79 Å². The zero-order chi connectivity index (χ0) is 15.6. The molecule has 7 N–H and O–H groups in total. The van der Waals surface area contributed by atoms with Gasteiger partial charge in [0, 0.05) is 6.54 Å². The molecule has 0 radical (unpaired) electrons. The lowest BCUT2D eigenvalue weighted by Crippen LogP contribution is -2.46. The van der Waals surface area contributed by atoms with Crippen molar-refractivity contribution in [3.8, 4) is 0 Å². The fraction of sp³-hybridized carbons (Fsp3) is 0.625. The first-order valence-corrected chi connectivity index (χ1v) is 7.17. The van der Waals surface area contributed by atoms with Gasteiger partial charge in [0.1, 0.15) is 0 Å². The Kier molecular flexibility index (Phi) is 8.68. The Hall–Kier alpha value is -1.52. The van der Waals surface area contributed by atoms with Gasteiger partial charge in [0.2, 0.25) is 12.4 Å². The van der Waals surface area contributed by atoms with Gasteiger partial charge in [0.05, 0.1) is 25.5 Å². The summed E-state index contributed by atoms with van der Waals surface area (Å²) in [7, 11) is -4.17. The number of urea groups is 1. The smallest absolute Gasteiger partial charge is 0.327 e. The summed E-state index contributed by atoms with van der Waals surface area (Å²) in [6.45, 7) is -0.856. The number of nitrogens with zero attached hydrogens (tertiary/aromatic N) is 1. The lowest BCUT2D eigenvalue weighted by atomic mass is 10.4. The number of rotatable bonds is 8. The second-order valence-electron chi connectivity index (χ2n) is 3.52. The number of guanidine groups is 1.